The zero-order valence-corrected chi connectivity index (χ0v) is 19.3. The maximum absolute atomic E-state index is 12.9. The lowest BCUT2D eigenvalue weighted by Crippen LogP contribution is -2.30. The normalized spacial score (nSPS) is 11.5. The molecule has 1 N–H and O–H groups in total. The summed E-state index contributed by atoms with van der Waals surface area (Å²) in [7, 11) is -3.59. The summed E-state index contributed by atoms with van der Waals surface area (Å²) in [6.07, 6.45) is 0.854. The van der Waals surface area contributed by atoms with Crippen molar-refractivity contribution in [2.24, 2.45) is 0 Å². The standard InChI is InChI=1S/C23H32N2O4S/c1-6-25(7-2)30(27,28)21-15-18(4)19(5)22(16-21)24-23(26)9-8-14-29-20-12-10-17(3)11-13-20/h10-13,15-16H,6-9,14H2,1-5H3,(H,24,26). The minimum absolute atomic E-state index is 0.164. The maximum atomic E-state index is 12.9. The first-order valence-electron chi connectivity index (χ1n) is 10.3. The largest absolute Gasteiger partial charge is 0.494 e. The number of sulfonamides is 1. The van der Waals surface area contributed by atoms with Crippen LogP contribution in [0.1, 0.15) is 43.4 Å². The van der Waals surface area contributed by atoms with E-state index in [0.29, 0.717) is 31.8 Å². The van der Waals surface area contributed by atoms with Crippen LogP contribution in [-0.2, 0) is 14.8 Å². The molecule has 0 aliphatic rings. The molecule has 0 saturated heterocycles. The van der Waals surface area contributed by atoms with Crippen molar-refractivity contribution in [2.75, 3.05) is 25.0 Å². The van der Waals surface area contributed by atoms with E-state index in [1.165, 1.54) is 4.31 Å². The number of hydrogen-bond acceptors (Lipinski definition) is 4. The molecule has 0 bridgehead atoms. The molecule has 0 radical (unpaired) electrons. The fraction of sp³-hybridized carbons (Fsp3) is 0.435. The predicted octanol–water partition coefficient (Wildman–Crippen LogP) is 4.44. The summed E-state index contributed by atoms with van der Waals surface area (Å²) >= 11 is 0. The molecule has 2 aromatic rings. The van der Waals surface area contributed by atoms with E-state index in [9.17, 15) is 13.2 Å². The van der Waals surface area contributed by atoms with Gasteiger partial charge in [-0.3, -0.25) is 4.79 Å². The Morgan fingerprint density at radius 2 is 1.67 bits per heavy atom. The van der Waals surface area contributed by atoms with Gasteiger partial charge < -0.3 is 10.1 Å². The molecule has 0 saturated carbocycles. The molecule has 0 aliphatic carbocycles. The summed E-state index contributed by atoms with van der Waals surface area (Å²) in [6, 6.07) is 11.0. The Balaban J connectivity index is 2.02. The van der Waals surface area contributed by atoms with Gasteiger partial charge in [-0.05, 0) is 62.6 Å². The Labute approximate surface area is 180 Å². The molecule has 2 rings (SSSR count). The molecule has 0 unspecified atom stereocenters. The molecule has 2 aromatic carbocycles. The quantitative estimate of drug-likeness (QED) is 0.563. The molecular formula is C23H32N2O4S. The SMILES string of the molecule is CCN(CC)S(=O)(=O)c1cc(C)c(C)c(NC(=O)CCCOc2ccc(C)cc2)c1. The second kappa shape index (κ2) is 10.6. The van der Waals surface area contributed by atoms with Gasteiger partial charge in [-0.15, -0.1) is 0 Å². The number of amides is 1. The highest BCUT2D eigenvalue weighted by Gasteiger charge is 2.23. The molecule has 7 heteroatoms. The summed E-state index contributed by atoms with van der Waals surface area (Å²) in [6.45, 7) is 10.6. The Morgan fingerprint density at radius 3 is 2.27 bits per heavy atom. The van der Waals surface area contributed by atoms with E-state index in [1.54, 1.807) is 12.1 Å². The number of ether oxygens (including phenoxy) is 1. The van der Waals surface area contributed by atoms with Crippen molar-refractivity contribution in [1.29, 1.82) is 0 Å². The number of carbonyl (C=O) groups is 1. The fourth-order valence-corrected chi connectivity index (χ4v) is 4.66. The topological polar surface area (TPSA) is 75.7 Å². The molecular weight excluding hydrogens is 400 g/mol. The Hall–Kier alpha value is -2.38. The van der Waals surface area contributed by atoms with Gasteiger partial charge in [-0.2, -0.15) is 4.31 Å². The van der Waals surface area contributed by atoms with E-state index in [1.807, 2.05) is 58.9 Å². The first-order chi connectivity index (χ1) is 14.2. The van der Waals surface area contributed by atoms with Crippen molar-refractivity contribution in [3.63, 3.8) is 0 Å². The monoisotopic (exact) mass is 432 g/mol. The first-order valence-corrected chi connectivity index (χ1v) is 11.7. The molecule has 30 heavy (non-hydrogen) atoms. The molecule has 1 amide bonds. The van der Waals surface area contributed by atoms with Gasteiger partial charge in [0.1, 0.15) is 5.75 Å². The van der Waals surface area contributed by atoms with Gasteiger partial charge in [-0.25, -0.2) is 8.42 Å². The summed E-state index contributed by atoms with van der Waals surface area (Å²) in [5, 5.41) is 2.87. The molecule has 0 heterocycles. The van der Waals surface area contributed by atoms with Gasteiger partial charge >= 0.3 is 0 Å². The van der Waals surface area contributed by atoms with E-state index >= 15 is 0 Å². The van der Waals surface area contributed by atoms with Crippen molar-refractivity contribution in [2.45, 2.75) is 52.4 Å². The third-order valence-electron chi connectivity index (χ3n) is 5.10. The van der Waals surface area contributed by atoms with Crippen LogP contribution in [0.15, 0.2) is 41.3 Å². The van der Waals surface area contributed by atoms with Crippen molar-refractivity contribution in [1.82, 2.24) is 4.31 Å². The van der Waals surface area contributed by atoms with Gasteiger partial charge in [0.25, 0.3) is 0 Å². The smallest absolute Gasteiger partial charge is 0.243 e. The Morgan fingerprint density at radius 1 is 1.03 bits per heavy atom. The van der Waals surface area contributed by atoms with Crippen molar-refractivity contribution < 1.29 is 17.9 Å². The minimum Gasteiger partial charge on any atom is -0.494 e. The number of aryl methyl sites for hydroxylation is 2. The lowest BCUT2D eigenvalue weighted by molar-refractivity contribution is -0.116. The number of benzene rings is 2. The van der Waals surface area contributed by atoms with Crippen LogP contribution in [0.25, 0.3) is 0 Å². The highest BCUT2D eigenvalue weighted by atomic mass is 32.2. The van der Waals surface area contributed by atoms with E-state index in [0.717, 1.165) is 22.4 Å². The van der Waals surface area contributed by atoms with Crippen molar-refractivity contribution >= 4 is 21.6 Å². The third-order valence-corrected chi connectivity index (χ3v) is 7.12. The number of hydrogen-bond donors (Lipinski definition) is 1. The molecule has 0 aliphatic heterocycles. The zero-order chi connectivity index (χ0) is 22.3. The highest BCUT2D eigenvalue weighted by Crippen LogP contribution is 2.26. The average molecular weight is 433 g/mol. The maximum Gasteiger partial charge on any atom is 0.243 e. The summed E-state index contributed by atoms with van der Waals surface area (Å²) < 4.78 is 32.8. The molecule has 0 aromatic heterocycles. The van der Waals surface area contributed by atoms with Crippen LogP contribution in [0.2, 0.25) is 0 Å². The molecule has 0 spiro atoms. The number of nitrogens with zero attached hydrogens (tertiary/aromatic N) is 1. The van der Waals surface area contributed by atoms with Gasteiger partial charge in [0, 0.05) is 25.2 Å². The summed E-state index contributed by atoms with van der Waals surface area (Å²) in [4.78, 5) is 12.6. The van der Waals surface area contributed by atoms with Gasteiger partial charge in [0.05, 0.1) is 11.5 Å². The van der Waals surface area contributed by atoms with Crippen LogP contribution >= 0.6 is 0 Å². The molecule has 0 atom stereocenters. The minimum atomic E-state index is -3.59. The van der Waals surface area contributed by atoms with E-state index in [4.69, 9.17) is 4.74 Å². The van der Waals surface area contributed by atoms with Crippen LogP contribution in [0, 0.1) is 20.8 Å². The van der Waals surface area contributed by atoms with Gasteiger partial charge in [0.2, 0.25) is 15.9 Å². The van der Waals surface area contributed by atoms with Crippen molar-refractivity contribution in [3.8, 4) is 5.75 Å². The first kappa shape index (κ1) is 23.9. The second-order valence-corrected chi connectivity index (χ2v) is 9.25. The predicted molar refractivity (Wildman–Crippen MR) is 121 cm³/mol. The molecule has 0 fully saturated rings. The van der Waals surface area contributed by atoms with E-state index < -0.39 is 10.0 Å². The van der Waals surface area contributed by atoms with Crippen molar-refractivity contribution in [3.05, 3.63) is 53.1 Å². The molecule has 164 valence electrons. The Bertz CT molecular complexity index is 965. The van der Waals surface area contributed by atoms with E-state index in [2.05, 4.69) is 5.32 Å². The number of rotatable bonds is 10. The van der Waals surface area contributed by atoms with Crippen LogP contribution < -0.4 is 10.1 Å². The summed E-state index contributed by atoms with van der Waals surface area (Å²) in [5.41, 5.74) is 3.38. The third kappa shape index (κ3) is 6.06. The average Bonchev–Trinajstić information content (AvgIpc) is 2.70. The van der Waals surface area contributed by atoms with Gasteiger partial charge in [0.15, 0.2) is 0 Å². The van der Waals surface area contributed by atoms with Crippen LogP contribution in [0.3, 0.4) is 0 Å². The fourth-order valence-electron chi connectivity index (χ4n) is 3.09. The molecule has 6 nitrogen and oxygen atoms in total. The second-order valence-electron chi connectivity index (χ2n) is 7.32. The zero-order valence-electron chi connectivity index (χ0n) is 18.5. The number of nitrogens with one attached hydrogen (secondary N) is 1. The highest BCUT2D eigenvalue weighted by molar-refractivity contribution is 7.89. The van der Waals surface area contributed by atoms with E-state index in [-0.39, 0.29) is 17.2 Å². The van der Waals surface area contributed by atoms with Gasteiger partial charge in [-0.1, -0.05) is 31.5 Å². The lowest BCUT2D eigenvalue weighted by Gasteiger charge is -2.20. The Kier molecular flexibility index (Phi) is 8.43. The summed E-state index contributed by atoms with van der Waals surface area (Å²) in [5.74, 6) is 0.615. The van der Waals surface area contributed by atoms with Crippen LogP contribution in [0.4, 0.5) is 5.69 Å². The number of anilines is 1. The van der Waals surface area contributed by atoms with Crippen LogP contribution in [0.5, 0.6) is 5.75 Å². The van der Waals surface area contributed by atoms with Crippen LogP contribution in [-0.4, -0.2) is 38.3 Å². The number of carbonyl (C=O) groups excluding carboxylic acids is 1. The lowest BCUT2D eigenvalue weighted by atomic mass is 10.1.